The van der Waals surface area contributed by atoms with Crippen molar-refractivity contribution in [1.29, 1.82) is 0 Å². The van der Waals surface area contributed by atoms with E-state index in [9.17, 15) is 24.3 Å². The number of hydrogen-bond donors (Lipinski definition) is 1. The third-order valence-corrected chi connectivity index (χ3v) is 10.8. The van der Waals surface area contributed by atoms with Crippen LogP contribution in [0.15, 0.2) is 60.2 Å². The zero-order valence-electron chi connectivity index (χ0n) is 24.0. The lowest BCUT2D eigenvalue weighted by Crippen LogP contribution is -2.49. The van der Waals surface area contributed by atoms with Gasteiger partial charge in [0, 0.05) is 23.6 Å². The number of benzene rings is 2. The number of amides is 4. The predicted octanol–water partition coefficient (Wildman–Crippen LogP) is 4.96. The molecular weight excluding hydrogens is 532 g/mol. The van der Waals surface area contributed by atoms with Crippen LogP contribution in [-0.4, -0.2) is 46.8 Å². The number of phenolic OH excluding ortho intramolecular Hbond substituents is 1. The second-order valence-electron chi connectivity index (χ2n) is 12.8. The van der Waals surface area contributed by atoms with E-state index in [-0.39, 0.29) is 41.3 Å². The number of imide groups is 2. The van der Waals surface area contributed by atoms with E-state index < -0.39 is 29.1 Å². The van der Waals surface area contributed by atoms with Crippen molar-refractivity contribution in [2.75, 3.05) is 12.0 Å². The first kappa shape index (κ1) is 26.9. The molecule has 218 valence electrons. The van der Waals surface area contributed by atoms with Crippen molar-refractivity contribution in [2.24, 2.45) is 29.1 Å². The Bertz CT molecular complexity index is 1510. The molecule has 1 N–H and O–H groups in total. The highest BCUT2D eigenvalue weighted by Crippen LogP contribution is 2.64. The third kappa shape index (κ3) is 3.66. The molecule has 2 aromatic rings. The molecule has 3 aliphatic carbocycles. The van der Waals surface area contributed by atoms with Crippen molar-refractivity contribution >= 4 is 29.3 Å². The Morgan fingerprint density at radius 2 is 1.64 bits per heavy atom. The summed E-state index contributed by atoms with van der Waals surface area (Å²) in [4.78, 5) is 59.3. The summed E-state index contributed by atoms with van der Waals surface area (Å²) >= 11 is 0. The topological polar surface area (TPSA) is 104 Å². The Morgan fingerprint density at radius 3 is 2.33 bits per heavy atom. The minimum atomic E-state index is -1.19. The van der Waals surface area contributed by atoms with E-state index in [4.69, 9.17) is 4.74 Å². The van der Waals surface area contributed by atoms with Crippen LogP contribution in [0.3, 0.4) is 0 Å². The van der Waals surface area contributed by atoms with Gasteiger partial charge in [-0.05, 0) is 56.7 Å². The van der Waals surface area contributed by atoms with E-state index >= 15 is 0 Å². The fraction of sp³-hybridized carbons (Fsp3) is 0.471. The van der Waals surface area contributed by atoms with Crippen LogP contribution in [0.25, 0.3) is 0 Å². The number of rotatable bonds is 4. The molecule has 8 nitrogen and oxygen atoms in total. The average Bonchev–Trinajstić information content (AvgIpc) is 3.37. The summed E-state index contributed by atoms with van der Waals surface area (Å²) in [6.45, 7) is 1.83. The number of carbonyl (C=O) groups is 4. The fourth-order valence-electron chi connectivity index (χ4n) is 8.80. The highest BCUT2D eigenvalue weighted by molar-refractivity contribution is 6.24. The van der Waals surface area contributed by atoms with Gasteiger partial charge in [-0.3, -0.25) is 24.1 Å². The molecule has 0 unspecified atom stereocenters. The van der Waals surface area contributed by atoms with Gasteiger partial charge in [-0.25, -0.2) is 4.90 Å². The monoisotopic (exact) mass is 568 g/mol. The van der Waals surface area contributed by atoms with E-state index in [0.29, 0.717) is 29.8 Å². The van der Waals surface area contributed by atoms with Crippen molar-refractivity contribution < 1.29 is 29.0 Å². The number of methoxy groups -OCH3 is 1. The maximum Gasteiger partial charge on any atom is 0.241 e. The van der Waals surface area contributed by atoms with Crippen LogP contribution in [0, 0.1) is 29.1 Å². The molecule has 0 spiro atoms. The van der Waals surface area contributed by atoms with Gasteiger partial charge < -0.3 is 9.84 Å². The predicted molar refractivity (Wildman–Crippen MR) is 154 cm³/mol. The third-order valence-electron chi connectivity index (χ3n) is 10.8. The summed E-state index contributed by atoms with van der Waals surface area (Å²) in [6, 6.07) is 13.9. The van der Waals surface area contributed by atoms with Gasteiger partial charge in [0.2, 0.25) is 23.6 Å². The summed E-state index contributed by atoms with van der Waals surface area (Å²) in [5.41, 5.74) is 0.710. The lowest BCUT2D eigenvalue weighted by Gasteiger charge is -2.49. The minimum Gasteiger partial charge on any atom is -0.508 e. The average molecular weight is 569 g/mol. The molecule has 4 fully saturated rings. The lowest BCUT2D eigenvalue weighted by atomic mass is 9.51. The SMILES string of the molecule is COc1ccc([C@H]2C3=CC[C@@H]4C(=O)N(C5CCCCC5)C(=O)[C@@H]4[C@@H]3C[C@H]3C(=O)N(c4ccccc4)C(=O)[C@@]23C)c(O)c1. The van der Waals surface area contributed by atoms with E-state index in [1.165, 1.54) is 18.1 Å². The first-order valence-electron chi connectivity index (χ1n) is 15.1. The molecule has 0 bridgehead atoms. The summed E-state index contributed by atoms with van der Waals surface area (Å²) < 4.78 is 5.33. The van der Waals surface area contributed by atoms with Gasteiger partial charge in [-0.2, -0.15) is 0 Å². The Morgan fingerprint density at radius 1 is 0.905 bits per heavy atom. The van der Waals surface area contributed by atoms with E-state index in [1.807, 2.05) is 19.1 Å². The maximum atomic E-state index is 14.4. The van der Waals surface area contributed by atoms with E-state index in [0.717, 1.165) is 37.7 Å². The normalized spacial score (nSPS) is 32.9. The van der Waals surface area contributed by atoms with Crippen LogP contribution in [0.5, 0.6) is 11.5 Å². The van der Waals surface area contributed by atoms with Crippen molar-refractivity contribution in [1.82, 2.24) is 4.90 Å². The minimum absolute atomic E-state index is 0.0286. The number of nitrogens with zero attached hydrogens (tertiary/aromatic N) is 2. The van der Waals surface area contributed by atoms with Gasteiger partial charge in [0.05, 0.1) is 36.0 Å². The molecule has 2 saturated carbocycles. The van der Waals surface area contributed by atoms with Gasteiger partial charge in [-0.1, -0.05) is 55.2 Å². The first-order chi connectivity index (χ1) is 20.3. The Kier molecular flexibility index (Phi) is 6.29. The number of anilines is 1. The van der Waals surface area contributed by atoms with Gasteiger partial charge in [0.1, 0.15) is 11.5 Å². The molecular formula is C34H36N2O6. The number of fused-ring (bicyclic) bond motifs is 4. The highest BCUT2D eigenvalue weighted by atomic mass is 16.5. The number of hydrogen-bond acceptors (Lipinski definition) is 6. The highest BCUT2D eigenvalue weighted by Gasteiger charge is 2.68. The summed E-state index contributed by atoms with van der Waals surface area (Å²) in [7, 11) is 1.52. The zero-order valence-corrected chi connectivity index (χ0v) is 24.0. The smallest absolute Gasteiger partial charge is 0.241 e. The van der Waals surface area contributed by atoms with Crippen LogP contribution in [0.4, 0.5) is 5.69 Å². The lowest BCUT2D eigenvalue weighted by molar-refractivity contribution is -0.144. The van der Waals surface area contributed by atoms with Crippen LogP contribution in [0.1, 0.15) is 63.4 Å². The van der Waals surface area contributed by atoms with Crippen molar-refractivity contribution in [3.05, 3.63) is 65.7 Å². The summed E-state index contributed by atoms with van der Waals surface area (Å²) in [5.74, 6) is -3.17. The summed E-state index contributed by atoms with van der Waals surface area (Å²) in [5, 5.41) is 11.3. The van der Waals surface area contributed by atoms with Crippen LogP contribution in [-0.2, 0) is 19.2 Å². The van der Waals surface area contributed by atoms with Crippen molar-refractivity contribution in [2.45, 2.75) is 63.8 Å². The van der Waals surface area contributed by atoms with Crippen molar-refractivity contribution in [3.8, 4) is 11.5 Å². The molecule has 4 amide bonds. The molecule has 0 radical (unpaired) electrons. The van der Waals surface area contributed by atoms with Gasteiger partial charge in [-0.15, -0.1) is 0 Å². The van der Waals surface area contributed by atoms with Gasteiger partial charge in [0.15, 0.2) is 0 Å². The Labute approximate surface area is 245 Å². The molecule has 5 aliphatic rings. The number of para-hydroxylation sites is 1. The van der Waals surface area contributed by atoms with E-state index in [2.05, 4.69) is 0 Å². The quantitative estimate of drug-likeness (QED) is 0.413. The number of aromatic hydroxyl groups is 1. The molecule has 2 aromatic carbocycles. The number of ether oxygens (including phenoxy) is 1. The molecule has 8 heteroatoms. The van der Waals surface area contributed by atoms with Crippen LogP contribution >= 0.6 is 0 Å². The van der Waals surface area contributed by atoms with Gasteiger partial charge in [0.25, 0.3) is 0 Å². The zero-order chi connectivity index (χ0) is 29.3. The van der Waals surface area contributed by atoms with Gasteiger partial charge >= 0.3 is 0 Å². The number of allylic oxidation sites excluding steroid dienone is 2. The summed E-state index contributed by atoms with van der Waals surface area (Å²) in [6.07, 6.45) is 7.55. The standard InChI is InChI=1S/C34H36N2O6/c1-34-26(31(39)36(33(34)41)20-11-7-4-8-12-20)18-25-22(29(34)23-14-13-21(42-2)17-27(23)37)15-16-24-28(25)32(40)35(30(24)38)19-9-5-3-6-10-19/h4,7-8,11-15,17,19,24-26,28-29,37H,3,5-6,9-10,16,18H2,1-2H3/t24-,25+,26-,28-,29+,34+/m0/s1. The maximum absolute atomic E-state index is 14.4. The number of likely N-dealkylation sites (tertiary alicyclic amines) is 1. The fourth-order valence-corrected chi connectivity index (χ4v) is 8.80. The second-order valence-corrected chi connectivity index (χ2v) is 12.8. The molecule has 2 heterocycles. The Balaban J connectivity index is 1.36. The molecule has 0 aromatic heterocycles. The number of carbonyl (C=O) groups excluding carboxylic acids is 4. The molecule has 2 aliphatic heterocycles. The number of phenols is 1. The van der Waals surface area contributed by atoms with Crippen LogP contribution in [0.2, 0.25) is 0 Å². The first-order valence-corrected chi connectivity index (χ1v) is 15.1. The molecule has 2 saturated heterocycles. The Hall–Kier alpha value is -3.94. The van der Waals surface area contributed by atoms with Crippen molar-refractivity contribution in [3.63, 3.8) is 0 Å². The van der Waals surface area contributed by atoms with Crippen LogP contribution < -0.4 is 9.64 Å². The molecule has 6 atom stereocenters. The molecule has 42 heavy (non-hydrogen) atoms. The van der Waals surface area contributed by atoms with E-state index in [1.54, 1.807) is 41.3 Å². The molecule has 7 rings (SSSR count). The largest absolute Gasteiger partial charge is 0.508 e. The second kappa shape index (κ2) is 9.82.